The van der Waals surface area contributed by atoms with Crippen LogP contribution in [0.3, 0.4) is 0 Å². The van der Waals surface area contributed by atoms with Crippen LogP contribution >= 0.6 is 0 Å². The summed E-state index contributed by atoms with van der Waals surface area (Å²) in [6.45, 7) is 7.54. The van der Waals surface area contributed by atoms with Gasteiger partial charge in [0, 0.05) is 19.8 Å². The van der Waals surface area contributed by atoms with Crippen LogP contribution in [-0.2, 0) is 14.2 Å². The number of hydrogen-bond donors (Lipinski definition) is 0. The number of rotatable bonds is 17. The van der Waals surface area contributed by atoms with Crippen LogP contribution in [0, 0.1) is 29.6 Å². The van der Waals surface area contributed by atoms with E-state index >= 15 is 0 Å². The van der Waals surface area contributed by atoms with Crippen LogP contribution in [0.1, 0.15) is 168 Å². The summed E-state index contributed by atoms with van der Waals surface area (Å²) < 4.78 is 18.9. The molecule has 0 aliphatic heterocycles. The van der Waals surface area contributed by atoms with E-state index in [1.165, 1.54) is 154 Å². The third-order valence-corrected chi connectivity index (χ3v) is 11.8. The summed E-state index contributed by atoms with van der Waals surface area (Å²) in [5.41, 5.74) is 0. The van der Waals surface area contributed by atoms with Gasteiger partial charge in [-0.15, -0.1) is 0 Å². The highest BCUT2D eigenvalue weighted by Gasteiger charge is 2.32. The molecule has 4 fully saturated rings. The first-order valence-corrected chi connectivity index (χ1v) is 18.6. The smallest absolute Gasteiger partial charge is 0.0575 e. The van der Waals surface area contributed by atoms with E-state index in [1.807, 2.05) is 0 Å². The summed E-state index contributed by atoms with van der Waals surface area (Å²) in [6, 6.07) is 0. The summed E-state index contributed by atoms with van der Waals surface area (Å²) in [5.74, 6) is 4.96. The Hall–Kier alpha value is -0.120. The van der Waals surface area contributed by atoms with E-state index in [4.69, 9.17) is 14.2 Å². The molecular formula is C37H68O3. The zero-order valence-corrected chi connectivity index (χ0v) is 26.9. The molecule has 0 bridgehead atoms. The second-order valence-corrected chi connectivity index (χ2v) is 14.5. The molecule has 3 heteroatoms. The molecule has 0 aromatic carbocycles. The van der Waals surface area contributed by atoms with E-state index in [-0.39, 0.29) is 0 Å². The maximum absolute atomic E-state index is 6.33. The van der Waals surface area contributed by atoms with Crippen molar-refractivity contribution in [3.8, 4) is 0 Å². The summed E-state index contributed by atoms with van der Waals surface area (Å²) in [5, 5.41) is 0. The third kappa shape index (κ3) is 11.5. The van der Waals surface area contributed by atoms with E-state index in [2.05, 4.69) is 13.8 Å². The maximum atomic E-state index is 6.33. The molecule has 4 aliphatic rings. The predicted octanol–water partition coefficient (Wildman–Crippen LogP) is 10.7. The SMILES string of the molecule is CCCCCCCOC1CCC(C2CCC(OCCCCOC3CCC(C4CCC(CC)CC4)CC3)CC2)CC1. The van der Waals surface area contributed by atoms with E-state index < -0.39 is 0 Å². The van der Waals surface area contributed by atoms with Crippen LogP contribution < -0.4 is 0 Å². The Morgan fingerprint density at radius 3 is 1.05 bits per heavy atom. The predicted molar refractivity (Wildman–Crippen MR) is 169 cm³/mol. The maximum Gasteiger partial charge on any atom is 0.0575 e. The Kier molecular flexibility index (Phi) is 15.8. The minimum absolute atomic E-state index is 0.521. The van der Waals surface area contributed by atoms with Gasteiger partial charge in [0.05, 0.1) is 18.3 Å². The van der Waals surface area contributed by atoms with Gasteiger partial charge < -0.3 is 14.2 Å². The standard InChI is InChI=1S/C37H68O3/c1-3-5-6-7-8-27-38-35-23-17-33(18-24-35)34-19-25-37(26-20-34)40-29-10-9-28-39-36-21-15-32(16-22-36)31-13-11-30(4-2)12-14-31/h30-37H,3-29H2,1-2H3. The molecule has 0 amide bonds. The molecular weight excluding hydrogens is 492 g/mol. The van der Waals surface area contributed by atoms with E-state index in [0.29, 0.717) is 18.3 Å². The van der Waals surface area contributed by atoms with Crippen molar-refractivity contribution in [3.05, 3.63) is 0 Å². The van der Waals surface area contributed by atoms with Gasteiger partial charge in [-0.2, -0.15) is 0 Å². The lowest BCUT2D eigenvalue weighted by atomic mass is 9.70. The first kappa shape index (κ1) is 32.8. The summed E-state index contributed by atoms with van der Waals surface area (Å²) in [4.78, 5) is 0. The van der Waals surface area contributed by atoms with Gasteiger partial charge in [0.15, 0.2) is 0 Å². The molecule has 0 N–H and O–H groups in total. The molecule has 40 heavy (non-hydrogen) atoms. The lowest BCUT2D eigenvalue weighted by Gasteiger charge is -2.38. The Bertz CT molecular complexity index is 605. The summed E-state index contributed by atoms with van der Waals surface area (Å²) >= 11 is 0. The second-order valence-electron chi connectivity index (χ2n) is 14.5. The van der Waals surface area contributed by atoms with E-state index in [1.54, 1.807) is 0 Å². The Balaban J connectivity index is 0.945. The number of ether oxygens (including phenoxy) is 3. The monoisotopic (exact) mass is 561 g/mol. The molecule has 0 aromatic heterocycles. The molecule has 234 valence electrons. The van der Waals surface area contributed by atoms with Crippen LogP contribution in [0.15, 0.2) is 0 Å². The summed E-state index contributed by atoms with van der Waals surface area (Å²) in [7, 11) is 0. The van der Waals surface area contributed by atoms with Gasteiger partial charge >= 0.3 is 0 Å². The van der Waals surface area contributed by atoms with Crippen molar-refractivity contribution in [1.82, 2.24) is 0 Å². The first-order valence-electron chi connectivity index (χ1n) is 18.6. The molecule has 0 radical (unpaired) electrons. The normalized spacial score (nSPS) is 35.5. The second kappa shape index (κ2) is 19.2. The molecule has 0 heterocycles. The highest BCUT2D eigenvalue weighted by Crippen LogP contribution is 2.42. The van der Waals surface area contributed by atoms with Gasteiger partial charge in [-0.3, -0.25) is 0 Å². The Labute approximate surface area is 249 Å². The zero-order valence-electron chi connectivity index (χ0n) is 26.9. The molecule has 0 atom stereocenters. The molecule has 4 aliphatic carbocycles. The van der Waals surface area contributed by atoms with Gasteiger partial charge in [-0.1, -0.05) is 58.8 Å². The van der Waals surface area contributed by atoms with Crippen LogP contribution in [0.2, 0.25) is 0 Å². The fraction of sp³-hybridized carbons (Fsp3) is 1.00. The van der Waals surface area contributed by atoms with Gasteiger partial charge in [0.2, 0.25) is 0 Å². The lowest BCUT2D eigenvalue weighted by Crippen LogP contribution is -2.30. The quantitative estimate of drug-likeness (QED) is 0.166. The Morgan fingerprint density at radius 1 is 0.375 bits per heavy atom. The molecule has 0 aromatic rings. The van der Waals surface area contributed by atoms with Crippen LogP contribution in [-0.4, -0.2) is 38.1 Å². The van der Waals surface area contributed by atoms with Crippen molar-refractivity contribution in [1.29, 1.82) is 0 Å². The minimum atomic E-state index is 0.521. The van der Waals surface area contributed by atoms with Crippen molar-refractivity contribution in [2.45, 2.75) is 186 Å². The van der Waals surface area contributed by atoms with Gasteiger partial charge in [-0.25, -0.2) is 0 Å². The molecule has 3 nitrogen and oxygen atoms in total. The first-order chi connectivity index (χ1) is 19.7. The lowest BCUT2D eigenvalue weighted by molar-refractivity contribution is -0.0174. The van der Waals surface area contributed by atoms with Gasteiger partial charge in [0.1, 0.15) is 0 Å². The van der Waals surface area contributed by atoms with Crippen LogP contribution in [0.25, 0.3) is 0 Å². The molecule has 4 rings (SSSR count). The highest BCUT2D eigenvalue weighted by molar-refractivity contribution is 4.83. The topological polar surface area (TPSA) is 27.7 Å². The van der Waals surface area contributed by atoms with Gasteiger partial charge in [-0.05, 0) is 139 Å². The largest absolute Gasteiger partial charge is 0.378 e. The van der Waals surface area contributed by atoms with Gasteiger partial charge in [0.25, 0.3) is 0 Å². The van der Waals surface area contributed by atoms with Crippen molar-refractivity contribution < 1.29 is 14.2 Å². The molecule has 0 spiro atoms. The van der Waals surface area contributed by atoms with Crippen molar-refractivity contribution in [2.75, 3.05) is 19.8 Å². The van der Waals surface area contributed by atoms with Crippen molar-refractivity contribution in [2.24, 2.45) is 29.6 Å². The molecule has 4 saturated carbocycles. The Morgan fingerprint density at radius 2 is 0.700 bits per heavy atom. The number of unbranched alkanes of at least 4 members (excludes halogenated alkanes) is 5. The highest BCUT2D eigenvalue weighted by atomic mass is 16.5. The van der Waals surface area contributed by atoms with E-state index in [0.717, 1.165) is 49.4 Å². The van der Waals surface area contributed by atoms with E-state index in [9.17, 15) is 0 Å². The van der Waals surface area contributed by atoms with Crippen LogP contribution in [0.5, 0.6) is 0 Å². The third-order valence-electron chi connectivity index (χ3n) is 11.8. The van der Waals surface area contributed by atoms with Crippen LogP contribution in [0.4, 0.5) is 0 Å². The molecule has 0 saturated heterocycles. The average molecular weight is 561 g/mol. The summed E-state index contributed by atoms with van der Waals surface area (Å²) in [6.07, 6.45) is 34.3. The minimum Gasteiger partial charge on any atom is -0.378 e. The fourth-order valence-corrected chi connectivity index (χ4v) is 8.91. The number of hydrogen-bond acceptors (Lipinski definition) is 3. The van der Waals surface area contributed by atoms with Crippen molar-refractivity contribution in [3.63, 3.8) is 0 Å². The van der Waals surface area contributed by atoms with Crippen molar-refractivity contribution >= 4 is 0 Å². The zero-order chi connectivity index (χ0) is 27.8. The molecule has 0 unspecified atom stereocenters. The average Bonchev–Trinajstić information content (AvgIpc) is 3.01. The fourth-order valence-electron chi connectivity index (χ4n) is 8.91.